The molecule has 4 nitrogen and oxygen atoms in total. The lowest BCUT2D eigenvalue weighted by Crippen LogP contribution is -2.41. The lowest BCUT2D eigenvalue weighted by atomic mass is 9.83. The van der Waals surface area contributed by atoms with Crippen molar-refractivity contribution in [3.63, 3.8) is 0 Å². The van der Waals surface area contributed by atoms with Gasteiger partial charge in [0.05, 0.1) is 18.2 Å². The lowest BCUT2D eigenvalue weighted by Gasteiger charge is -2.25. The molecule has 4 heteroatoms. The molecule has 1 heterocycles. The Morgan fingerprint density at radius 3 is 2.44 bits per heavy atom. The maximum absolute atomic E-state index is 12.5. The molecule has 0 aliphatic rings. The Morgan fingerprint density at radius 2 is 1.84 bits per heavy atom. The van der Waals surface area contributed by atoms with Crippen molar-refractivity contribution in [2.75, 3.05) is 13.2 Å². The van der Waals surface area contributed by atoms with Crippen LogP contribution < -0.4 is 10.1 Å². The zero-order valence-corrected chi connectivity index (χ0v) is 15.8. The molecule has 0 aliphatic carbocycles. The summed E-state index contributed by atoms with van der Waals surface area (Å²) < 4.78 is 5.51. The molecule has 2 aromatic rings. The van der Waals surface area contributed by atoms with E-state index < -0.39 is 5.41 Å². The first-order chi connectivity index (χ1) is 11.8. The summed E-state index contributed by atoms with van der Waals surface area (Å²) in [6.45, 7) is 11.3. The fraction of sp³-hybridized carbons (Fsp3) is 0.429. The second-order valence-corrected chi connectivity index (χ2v) is 7.15. The molecule has 0 unspecified atom stereocenters. The van der Waals surface area contributed by atoms with Crippen LogP contribution in [0, 0.1) is 5.92 Å². The summed E-state index contributed by atoms with van der Waals surface area (Å²) in [6.07, 6.45) is 3.53. The number of benzene rings is 1. The predicted octanol–water partition coefficient (Wildman–Crippen LogP) is 4.20. The third-order valence-corrected chi connectivity index (χ3v) is 4.20. The summed E-state index contributed by atoms with van der Waals surface area (Å²) in [5.41, 5.74) is 2.47. The van der Waals surface area contributed by atoms with Gasteiger partial charge in [0.25, 0.3) is 0 Å². The molecule has 25 heavy (non-hydrogen) atoms. The van der Waals surface area contributed by atoms with E-state index in [0.29, 0.717) is 19.1 Å². The molecule has 0 saturated heterocycles. The second kappa shape index (κ2) is 8.15. The van der Waals surface area contributed by atoms with E-state index in [0.717, 1.165) is 22.4 Å². The number of aromatic nitrogens is 1. The van der Waals surface area contributed by atoms with Crippen molar-refractivity contribution in [1.29, 1.82) is 0 Å². The number of ether oxygens (including phenoxy) is 1. The molecular weight excluding hydrogens is 312 g/mol. The van der Waals surface area contributed by atoms with Gasteiger partial charge in [-0.2, -0.15) is 0 Å². The van der Waals surface area contributed by atoms with Crippen LogP contribution in [-0.4, -0.2) is 24.0 Å². The molecule has 1 N–H and O–H groups in total. The summed E-state index contributed by atoms with van der Waals surface area (Å²) >= 11 is 0. The van der Waals surface area contributed by atoms with Crippen molar-refractivity contribution in [2.24, 2.45) is 5.92 Å². The zero-order chi connectivity index (χ0) is 18.4. The number of amides is 1. The van der Waals surface area contributed by atoms with Crippen LogP contribution in [0.15, 0.2) is 42.7 Å². The summed E-state index contributed by atoms with van der Waals surface area (Å²) in [5.74, 6) is 1.25. The average molecular weight is 340 g/mol. The molecule has 2 rings (SSSR count). The molecule has 0 aliphatic heterocycles. The Kier molecular flexibility index (Phi) is 6.18. The number of hydrogen-bond donors (Lipinski definition) is 1. The van der Waals surface area contributed by atoms with Crippen LogP contribution in [0.5, 0.6) is 5.75 Å². The van der Waals surface area contributed by atoms with Gasteiger partial charge in [0.2, 0.25) is 5.91 Å². The Bertz CT molecular complexity index is 706. The highest BCUT2D eigenvalue weighted by molar-refractivity contribution is 5.87. The van der Waals surface area contributed by atoms with Crippen molar-refractivity contribution >= 4 is 5.91 Å². The minimum absolute atomic E-state index is 0.0500. The molecule has 134 valence electrons. The number of pyridine rings is 1. The van der Waals surface area contributed by atoms with E-state index in [4.69, 9.17) is 4.74 Å². The number of carbonyl (C=O) groups is 1. The normalized spacial score (nSPS) is 11.4. The Balaban J connectivity index is 2.18. The third kappa shape index (κ3) is 4.81. The van der Waals surface area contributed by atoms with E-state index >= 15 is 0 Å². The van der Waals surface area contributed by atoms with E-state index in [1.54, 1.807) is 6.20 Å². The Hall–Kier alpha value is -2.36. The van der Waals surface area contributed by atoms with Crippen molar-refractivity contribution < 1.29 is 9.53 Å². The van der Waals surface area contributed by atoms with Gasteiger partial charge in [0.15, 0.2) is 0 Å². The number of rotatable bonds is 7. The molecule has 0 atom stereocenters. The first-order valence-electron chi connectivity index (χ1n) is 8.81. The summed E-state index contributed by atoms with van der Waals surface area (Å²) in [4.78, 5) is 16.7. The van der Waals surface area contributed by atoms with Crippen LogP contribution in [0.25, 0.3) is 11.1 Å². The number of hydrogen-bond acceptors (Lipinski definition) is 3. The van der Waals surface area contributed by atoms with Gasteiger partial charge in [0, 0.05) is 18.3 Å². The highest BCUT2D eigenvalue weighted by Gasteiger charge is 2.29. The molecular formula is C21H28N2O2. The maximum atomic E-state index is 12.5. The fourth-order valence-electron chi connectivity index (χ4n) is 2.55. The Morgan fingerprint density at radius 1 is 1.16 bits per heavy atom. The zero-order valence-electron chi connectivity index (χ0n) is 15.8. The van der Waals surface area contributed by atoms with Gasteiger partial charge in [-0.3, -0.25) is 9.78 Å². The molecule has 0 radical (unpaired) electrons. The molecule has 1 aromatic carbocycles. The van der Waals surface area contributed by atoms with Crippen molar-refractivity contribution in [3.8, 4) is 16.9 Å². The van der Waals surface area contributed by atoms with Gasteiger partial charge < -0.3 is 10.1 Å². The topological polar surface area (TPSA) is 51.2 Å². The van der Waals surface area contributed by atoms with Gasteiger partial charge in [-0.15, -0.1) is 0 Å². The molecule has 1 aromatic heterocycles. The van der Waals surface area contributed by atoms with Gasteiger partial charge in [0.1, 0.15) is 5.75 Å². The van der Waals surface area contributed by atoms with Crippen molar-refractivity contribution in [1.82, 2.24) is 10.3 Å². The number of nitrogens with one attached hydrogen (secondary N) is 1. The van der Waals surface area contributed by atoms with Gasteiger partial charge in [-0.05, 0) is 43.9 Å². The quantitative estimate of drug-likeness (QED) is 0.822. The first kappa shape index (κ1) is 19.0. The van der Waals surface area contributed by atoms with E-state index in [-0.39, 0.29) is 5.91 Å². The van der Waals surface area contributed by atoms with E-state index in [2.05, 4.69) is 24.1 Å². The summed E-state index contributed by atoms with van der Waals surface area (Å²) in [6, 6.07) is 10.1. The van der Waals surface area contributed by atoms with Crippen LogP contribution in [0.4, 0.5) is 0 Å². The van der Waals surface area contributed by atoms with Gasteiger partial charge in [-0.1, -0.05) is 38.1 Å². The Labute approximate surface area is 150 Å². The van der Waals surface area contributed by atoms with E-state index in [1.807, 2.05) is 57.3 Å². The van der Waals surface area contributed by atoms with Crippen LogP contribution >= 0.6 is 0 Å². The van der Waals surface area contributed by atoms with Gasteiger partial charge in [-0.25, -0.2) is 0 Å². The first-order valence-corrected chi connectivity index (χ1v) is 8.81. The van der Waals surface area contributed by atoms with Crippen molar-refractivity contribution in [3.05, 3.63) is 48.3 Å². The number of carbonyl (C=O) groups excluding carboxylic acids is 1. The fourth-order valence-corrected chi connectivity index (χ4v) is 2.55. The minimum Gasteiger partial charge on any atom is -0.492 e. The van der Waals surface area contributed by atoms with E-state index in [9.17, 15) is 4.79 Å². The smallest absolute Gasteiger partial charge is 0.230 e. The number of nitrogens with zero attached hydrogens (tertiary/aromatic N) is 1. The molecule has 1 amide bonds. The molecule has 0 saturated carbocycles. The maximum Gasteiger partial charge on any atom is 0.230 e. The second-order valence-electron chi connectivity index (χ2n) is 7.15. The van der Waals surface area contributed by atoms with Crippen LogP contribution in [0.1, 0.15) is 40.2 Å². The van der Waals surface area contributed by atoms with Crippen LogP contribution in [0.2, 0.25) is 0 Å². The molecule has 0 bridgehead atoms. The predicted molar refractivity (Wildman–Crippen MR) is 102 cm³/mol. The largest absolute Gasteiger partial charge is 0.492 e. The molecule has 0 fully saturated rings. The van der Waals surface area contributed by atoms with Crippen LogP contribution in [0.3, 0.4) is 0 Å². The lowest BCUT2D eigenvalue weighted by molar-refractivity contribution is -0.125. The molecule has 0 spiro atoms. The summed E-state index contributed by atoms with van der Waals surface area (Å²) in [7, 11) is 0. The monoisotopic (exact) mass is 340 g/mol. The highest BCUT2D eigenvalue weighted by Crippen LogP contribution is 2.28. The van der Waals surface area contributed by atoms with Gasteiger partial charge >= 0.3 is 0 Å². The van der Waals surface area contributed by atoms with Crippen molar-refractivity contribution in [2.45, 2.75) is 40.0 Å². The highest BCUT2D eigenvalue weighted by atomic mass is 16.5. The SMILES string of the molecule is CCOc1cncc(-c2ccc(C(C)(C)C(=O)NCC(C)C)cc2)c1. The average Bonchev–Trinajstić information content (AvgIpc) is 2.60. The summed E-state index contributed by atoms with van der Waals surface area (Å²) in [5, 5.41) is 3.02. The van der Waals surface area contributed by atoms with E-state index in [1.165, 1.54) is 0 Å². The minimum atomic E-state index is -0.571. The third-order valence-electron chi connectivity index (χ3n) is 4.20. The van der Waals surface area contributed by atoms with Crippen LogP contribution in [-0.2, 0) is 10.2 Å². The standard InChI is InChI=1S/C21H28N2O2/c1-6-25-19-11-17(13-22-14-19)16-7-9-18(10-8-16)21(4,5)20(24)23-12-15(2)3/h7-11,13-15H,6,12H2,1-5H3,(H,23,24).